The molecule has 7 nitrogen and oxygen atoms in total. The quantitative estimate of drug-likeness (QED) is 0.251. The van der Waals surface area contributed by atoms with E-state index in [2.05, 4.69) is 5.43 Å². The van der Waals surface area contributed by atoms with Crippen molar-refractivity contribution in [3.8, 4) is 5.75 Å². The lowest BCUT2D eigenvalue weighted by Crippen LogP contribution is -2.29. The van der Waals surface area contributed by atoms with Crippen LogP contribution in [-0.2, 0) is 4.79 Å². The zero-order valence-corrected chi connectivity index (χ0v) is 11.6. The molecule has 8 heteroatoms. The van der Waals surface area contributed by atoms with Crippen LogP contribution >= 0.6 is 11.6 Å². The first kappa shape index (κ1) is 16.2. The summed E-state index contributed by atoms with van der Waals surface area (Å²) in [6, 6.07) is 4.07. The molecule has 1 amide bonds. The van der Waals surface area contributed by atoms with Crippen molar-refractivity contribution in [1.82, 2.24) is 5.43 Å². The average Bonchev–Trinajstić information content (AvgIpc) is 2.43. The number of carbonyl (C=O) groups is 1. The molecule has 0 bridgehead atoms. The molecule has 0 unspecified atom stereocenters. The minimum Gasteiger partial charge on any atom is -0.492 e. The van der Waals surface area contributed by atoms with E-state index in [0.717, 1.165) is 19.3 Å². The number of nitrogens with two attached hydrogens (primary N) is 1. The summed E-state index contributed by atoms with van der Waals surface area (Å²) in [5.41, 5.74) is 1.99. The highest BCUT2D eigenvalue weighted by molar-refractivity contribution is 6.32. The van der Waals surface area contributed by atoms with Crippen LogP contribution in [-0.4, -0.2) is 17.4 Å². The van der Waals surface area contributed by atoms with E-state index >= 15 is 0 Å². The van der Waals surface area contributed by atoms with E-state index < -0.39 is 4.92 Å². The van der Waals surface area contributed by atoms with E-state index in [1.54, 1.807) is 0 Å². The lowest BCUT2D eigenvalue weighted by Gasteiger charge is -2.07. The van der Waals surface area contributed by atoms with Gasteiger partial charge in [0.05, 0.1) is 16.6 Å². The van der Waals surface area contributed by atoms with Crippen LogP contribution in [0.25, 0.3) is 0 Å². The molecule has 0 radical (unpaired) electrons. The topological polar surface area (TPSA) is 107 Å². The van der Waals surface area contributed by atoms with Crippen LogP contribution in [0.1, 0.15) is 25.7 Å². The van der Waals surface area contributed by atoms with Crippen LogP contribution in [0, 0.1) is 10.1 Å². The third kappa shape index (κ3) is 5.41. The molecule has 1 aromatic carbocycles. The van der Waals surface area contributed by atoms with Crippen molar-refractivity contribution in [2.45, 2.75) is 25.7 Å². The van der Waals surface area contributed by atoms with Crippen LogP contribution in [0.3, 0.4) is 0 Å². The minimum atomic E-state index is -0.516. The summed E-state index contributed by atoms with van der Waals surface area (Å²) in [7, 11) is 0. The van der Waals surface area contributed by atoms with Gasteiger partial charge in [0.25, 0.3) is 5.69 Å². The minimum absolute atomic E-state index is 0.0739. The number of hydrazine groups is 1. The number of benzene rings is 1. The van der Waals surface area contributed by atoms with Crippen molar-refractivity contribution in [3.05, 3.63) is 33.3 Å². The van der Waals surface area contributed by atoms with Gasteiger partial charge in [0, 0.05) is 18.6 Å². The molecule has 0 saturated heterocycles. The maximum atomic E-state index is 10.9. The molecule has 0 saturated carbocycles. The molecule has 0 aliphatic rings. The molecule has 0 aromatic heterocycles. The van der Waals surface area contributed by atoms with Crippen LogP contribution in [0.4, 0.5) is 5.69 Å². The first-order valence-electron chi connectivity index (χ1n) is 6.10. The third-order valence-electron chi connectivity index (χ3n) is 2.59. The van der Waals surface area contributed by atoms with Gasteiger partial charge in [-0.3, -0.25) is 20.3 Å². The van der Waals surface area contributed by atoms with Crippen LogP contribution in [0.2, 0.25) is 5.02 Å². The maximum Gasteiger partial charge on any atom is 0.271 e. The third-order valence-corrected chi connectivity index (χ3v) is 2.89. The molecule has 0 atom stereocenters. The Morgan fingerprint density at radius 1 is 1.40 bits per heavy atom. The number of carbonyl (C=O) groups excluding carboxylic acids is 1. The van der Waals surface area contributed by atoms with Gasteiger partial charge in [-0.25, -0.2) is 5.84 Å². The van der Waals surface area contributed by atoms with Gasteiger partial charge < -0.3 is 4.74 Å². The summed E-state index contributed by atoms with van der Waals surface area (Å²) in [5, 5.41) is 10.8. The van der Waals surface area contributed by atoms with E-state index in [1.165, 1.54) is 18.2 Å². The second kappa shape index (κ2) is 8.34. The fraction of sp³-hybridized carbons (Fsp3) is 0.417. The molecule has 0 aliphatic heterocycles. The van der Waals surface area contributed by atoms with E-state index in [1.807, 2.05) is 0 Å². The summed E-state index contributed by atoms with van der Waals surface area (Å²) in [6.45, 7) is 0.432. The normalized spacial score (nSPS) is 10.1. The van der Waals surface area contributed by atoms with Gasteiger partial charge in [-0.2, -0.15) is 0 Å². The van der Waals surface area contributed by atoms with Gasteiger partial charge in [-0.1, -0.05) is 11.6 Å². The molecule has 1 aromatic rings. The van der Waals surface area contributed by atoms with Gasteiger partial charge in [0.15, 0.2) is 0 Å². The Labute approximate surface area is 121 Å². The number of nitro benzene ring substituents is 1. The zero-order chi connectivity index (χ0) is 15.0. The number of amides is 1. The number of nitrogens with zero attached hydrogens (tertiary/aromatic N) is 1. The second-order valence-electron chi connectivity index (χ2n) is 4.10. The molecule has 0 heterocycles. The lowest BCUT2D eigenvalue weighted by molar-refractivity contribution is -0.384. The molecule has 1 rings (SSSR count). The van der Waals surface area contributed by atoms with E-state index in [9.17, 15) is 14.9 Å². The number of ether oxygens (including phenoxy) is 1. The van der Waals surface area contributed by atoms with Gasteiger partial charge in [0.2, 0.25) is 5.91 Å². The van der Waals surface area contributed by atoms with Crippen molar-refractivity contribution >= 4 is 23.2 Å². The maximum absolute atomic E-state index is 10.9. The predicted molar refractivity (Wildman–Crippen MR) is 74.4 cm³/mol. The first-order valence-corrected chi connectivity index (χ1v) is 6.48. The average molecular weight is 302 g/mol. The Kier molecular flexibility index (Phi) is 6.75. The number of halogens is 1. The number of hydrogen-bond donors (Lipinski definition) is 2. The van der Waals surface area contributed by atoms with Crippen molar-refractivity contribution in [3.63, 3.8) is 0 Å². The number of non-ortho nitro benzene ring substituents is 1. The van der Waals surface area contributed by atoms with Crippen molar-refractivity contribution in [1.29, 1.82) is 0 Å². The fourth-order valence-corrected chi connectivity index (χ4v) is 1.77. The van der Waals surface area contributed by atoms with Crippen LogP contribution in [0.5, 0.6) is 5.75 Å². The van der Waals surface area contributed by atoms with Crippen LogP contribution in [0.15, 0.2) is 18.2 Å². The zero-order valence-electron chi connectivity index (χ0n) is 10.8. The fourth-order valence-electron chi connectivity index (χ4n) is 1.54. The molecule has 0 aliphatic carbocycles. The molecular formula is C12H16ClN3O4. The highest BCUT2D eigenvalue weighted by atomic mass is 35.5. The number of rotatable bonds is 8. The second-order valence-corrected chi connectivity index (χ2v) is 4.51. The monoisotopic (exact) mass is 301 g/mol. The highest BCUT2D eigenvalue weighted by Crippen LogP contribution is 2.28. The Morgan fingerprint density at radius 2 is 2.15 bits per heavy atom. The van der Waals surface area contributed by atoms with Crippen molar-refractivity contribution in [2.75, 3.05) is 6.61 Å². The van der Waals surface area contributed by atoms with Gasteiger partial charge >= 0.3 is 0 Å². The number of nitrogens with one attached hydrogen (secondary N) is 1. The Morgan fingerprint density at radius 3 is 2.75 bits per heavy atom. The highest BCUT2D eigenvalue weighted by Gasteiger charge is 2.10. The summed E-state index contributed by atoms with van der Waals surface area (Å²) >= 11 is 5.88. The molecular weight excluding hydrogens is 286 g/mol. The Bertz CT molecular complexity index is 482. The number of hydrogen-bond acceptors (Lipinski definition) is 5. The standard InChI is InChI=1S/C12H16ClN3O4/c13-10-8-9(16(18)19)5-6-11(10)20-7-3-1-2-4-12(17)15-14/h5-6,8H,1-4,7,14H2,(H,15,17). The van der Waals surface area contributed by atoms with E-state index in [4.69, 9.17) is 22.2 Å². The predicted octanol–water partition coefficient (Wildman–Crippen LogP) is 2.18. The van der Waals surface area contributed by atoms with Crippen molar-refractivity contribution in [2.24, 2.45) is 5.84 Å². The summed E-state index contributed by atoms with van der Waals surface area (Å²) < 4.78 is 5.43. The largest absolute Gasteiger partial charge is 0.492 e. The van der Waals surface area contributed by atoms with E-state index in [0.29, 0.717) is 18.8 Å². The van der Waals surface area contributed by atoms with Gasteiger partial charge in [-0.05, 0) is 25.3 Å². The van der Waals surface area contributed by atoms with E-state index in [-0.39, 0.29) is 16.6 Å². The summed E-state index contributed by atoms with van der Waals surface area (Å²) in [4.78, 5) is 20.9. The van der Waals surface area contributed by atoms with Gasteiger partial charge in [-0.15, -0.1) is 0 Å². The SMILES string of the molecule is NNC(=O)CCCCCOc1ccc([N+](=O)[O-])cc1Cl. The molecule has 0 spiro atoms. The molecule has 20 heavy (non-hydrogen) atoms. The Balaban J connectivity index is 2.29. The van der Waals surface area contributed by atoms with Gasteiger partial charge in [0.1, 0.15) is 5.75 Å². The summed E-state index contributed by atoms with van der Waals surface area (Å²) in [5.74, 6) is 5.18. The molecule has 0 fully saturated rings. The lowest BCUT2D eigenvalue weighted by atomic mass is 10.2. The van der Waals surface area contributed by atoms with Crippen molar-refractivity contribution < 1.29 is 14.5 Å². The number of nitro groups is 1. The smallest absolute Gasteiger partial charge is 0.271 e. The van der Waals surface area contributed by atoms with Crippen LogP contribution < -0.4 is 16.0 Å². The molecule has 110 valence electrons. The Hall–Kier alpha value is -1.86. The first-order chi connectivity index (χ1) is 9.54. The molecule has 3 N–H and O–H groups in total. The number of unbranched alkanes of at least 4 members (excludes halogenated alkanes) is 2. The summed E-state index contributed by atoms with van der Waals surface area (Å²) in [6.07, 6.45) is 2.68.